The number of imidazole rings is 1. The second-order valence-electron chi connectivity index (χ2n) is 9.37. The van der Waals surface area contributed by atoms with Gasteiger partial charge in [0.25, 0.3) is 0 Å². The van der Waals surface area contributed by atoms with Gasteiger partial charge in [-0.1, -0.05) is 44.2 Å². The number of carbonyl (C=O) groups is 1. The number of rotatable bonds is 6. The first-order valence-corrected chi connectivity index (χ1v) is 12.1. The molecule has 2 fully saturated rings. The molecule has 0 radical (unpaired) electrons. The van der Waals surface area contributed by atoms with Gasteiger partial charge in [0.15, 0.2) is 0 Å². The number of aromatic nitrogens is 2. The van der Waals surface area contributed by atoms with E-state index in [1.165, 1.54) is 44.9 Å². The van der Waals surface area contributed by atoms with Crippen molar-refractivity contribution in [3.05, 3.63) is 34.7 Å². The van der Waals surface area contributed by atoms with Crippen LogP contribution in [-0.4, -0.2) is 40.0 Å². The largest absolute Gasteiger partial charge is 0.329 e. The maximum atomic E-state index is 13.3. The zero-order valence-corrected chi connectivity index (χ0v) is 18.5. The lowest BCUT2D eigenvalue weighted by Crippen LogP contribution is -2.45. The molecule has 0 N–H and O–H groups in total. The normalized spacial score (nSPS) is 24.6. The van der Waals surface area contributed by atoms with Crippen molar-refractivity contribution >= 4 is 17.3 Å². The highest BCUT2D eigenvalue weighted by Gasteiger charge is 2.33. The smallest absolute Gasteiger partial charge is 0.303 e. The molecule has 2 unspecified atom stereocenters. The standard InChI is InChI=1S/C25H37N3O2/c1-2-27-23-12-8-9-13-24(23)28(25(27)30)22-14-16-26(19-21(22)15-17-29)18-20-10-6-4-3-5-7-11-20/h8-9,12-13,17,20-22H,2-7,10-11,14-16,18-19H2,1H3. The summed E-state index contributed by atoms with van der Waals surface area (Å²) in [6.45, 7) is 5.81. The van der Waals surface area contributed by atoms with Gasteiger partial charge in [-0.05, 0) is 50.2 Å². The van der Waals surface area contributed by atoms with E-state index in [0.29, 0.717) is 13.0 Å². The zero-order valence-electron chi connectivity index (χ0n) is 18.5. The van der Waals surface area contributed by atoms with Gasteiger partial charge in [0.1, 0.15) is 6.29 Å². The Bertz CT molecular complexity index is 891. The minimum Gasteiger partial charge on any atom is -0.303 e. The average Bonchev–Trinajstić information content (AvgIpc) is 3.01. The third-order valence-corrected chi connectivity index (χ3v) is 7.43. The van der Waals surface area contributed by atoms with Gasteiger partial charge in [-0.2, -0.15) is 0 Å². The van der Waals surface area contributed by atoms with Crippen molar-refractivity contribution < 1.29 is 4.79 Å². The zero-order chi connectivity index (χ0) is 20.9. The molecule has 1 saturated carbocycles. The Kier molecular flexibility index (Phi) is 7.08. The molecule has 2 heterocycles. The number of benzene rings is 1. The highest BCUT2D eigenvalue weighted by atomic mass is 16.1. The van der Waals surface area contributed by atoms with Crippen molar-refractivity contribution in [3.63, 3.8) is 0 Å². The lowest BCUT2D eigenvalue weighted by Gasteiger charge is -2.40. The number of piperidine rings is 1. The molecule has 5 heteroatoms. The first-order valence-electron chi connectivity index (χ1n) is 12.1. The molecule has 0 amide bonds. The molecule has 2 aromatic rings. The summed E-state index contributed by atoms with van der Waals surface area (Å²) in [5, 5.41) is 0. The van der Waals surface area contributed by atoms with Crippen LogP contribution in [0.4, 0.5) is 0 Å². The molecule has 1 aliphatic carbocycles. The van der Waals surface area contributed by atoms with E-state index in [1.54, 1.807) is 0 Å². The minimum atomic E-state index is 0.0769. The van der Waals surface area contributed by atoms with Crippen molar-refractivity contribution in [1.29, 1.82) is 0 Å². The van der Waals surface area contributed by atoms with Crippen molar-refractivity contribution in [2.24, 2.45) is 11.8 Å². The molecule has 164 valence electrons. The van der Waals surface area contributed by atoms with Gasteiger partial charge in [-0.25, -0.2) is 4.79 Å². The molecule has 30 heavy (non-hydrogen) atoms. The van der Waals surface area contributed by atoms with E-state index in [9.17, 15) is 9.59 Å². The maximum Gasteiger partial charge on any atom is 0.329 e. The fourth-order valence-electron chi connectivity index (χ4n) is 5.90. The summed E-state index contributed by atoms with van der Waals surface area (Å²) in [6.07, 6.45) is 12.1. The Morgan fingerprint density at radius 3 is 2.40 bits per heavy atom. The highest BCUT2D eigenvalue weighted by molar-refractivity contribution is 5.76. The number of carbonyl (C=O) groups excluding carboxylic acids is 1. The predicted molar refractivity (Wildman–Crippen MR) is 122 cm³/mol. The third-order valence-electron chi connectivity index (χ3n) is 7.43. The van der Waals surface area contributed by atoms with Gasteiger partial charge in [0, 0.05) is 38.6 Å². The van der Waals surface area contributed by atoms with Crippen LogP contribution in [0.1, 0.15) is 70.8 Å². The molecule has 1 aliphatic heterocycles. The molecule has 2 aliphatic rings. The van der Waals surface area contributed by atoms with E-state index in [-0.39, 0.29) is 17.6 Å². The van der Waals surface area contributed by atoms with Gasteiger partial charge in [-0.3, -0.25) is 9.13 Å². The maximum absolute atomic E-state index is 13.3. The van der Waals surface area contributed by atoms with E-state index < -0.39 is 0 Å². The van der Waals surface area contributed by atoms with Crippen LogP contribution in [-0.2, 0) is 11.3 Å². The summed E-state index contributed by atoms with van der Waals surface area (Å²) in [6, 6.07) is 8.21. The highest BCUT2D eigenvalue weighted by Crippen LogP contribution is 2.33. The second kappa shape index (κ2) is 9.95. The van der Waals surface area contributed by atoms with Crippen LogP contribution in [0.5, 0.6) is 0 Å². The number of aldehydes is 1. The summed E-state index contributed by atoms with van der Waals surface area (Å²) in [4.78, 5) is 27.4. The van der Waals surface area contributed by atoms with Gasteiger partial charge >= 0.3 is 5.69 Å². The molecule has 4 rings (SSSR count). The summed E-state index contributed by atoms with van der Waals surface area (Å²) in [5.41, 5.74) is 2.10. The molecule has 0 spiro atoms. The van der Waals surface area contributed by atoms with Crippen LogP contribution in [0.25, 0.3) is 11.0 Å². The number of aryl methyl sites for hydroxylation is 1. The van der Waals surface area contributed by atoms with Crippen molar-refractivity contribution in [2.45, 2.75) is 77.3 Å². The Balaban J connectivity index is 1.55. The lowest BCUT2D eigenvalue weighted by atomic mass is 9.86. The number of para-hydroxylation sites is 2. The average molecular weight is 412 g/mol. The molecule has 1 aromatic heterocycles. The summed E-state index contributed by atoms with van der Waals surface area (Å²) in [5.74, 6) is 1.00. The van der Waals surface area contributed by atoms with Gasteiger partial charge < -0.3 is 9.69 Å². The molecule has 2 atom stereocenters. The van der Waals surface area contributed by atoms with Crippen molar-refractivity contribution in [3.8, 4) is 0 Å². The molecule has 1 saturated heterocycles. The summed E-state index contributed by atoms with van der Waals surface area (Å²) in [7, 11) is 0. The fraction of sp³-hybridized carbons (Fsp3) is 0.680. The Labute approximate surface area is 180 Å². The van der Waals surface area contributed by atoms with Crippen LogP contribution in [0, 0.1) is 11.8 Å². The van der Waals surface area contributed by atoms with E-state index in [0.717, 1.165) is 49.3 Å². The van der Waals surface area contributed by atoms with E-state index in [4.69, 9.17) is 0 Å². The Morgan fingerprint density at radius 2 is 1.70 bits per heavy atom. The van der Waals surface area contributed by atoms with Crippen LogP contribution in [0.2, 0.25) is 0 Å². The first-order chi connectivity index (χ1) is 14.7. The van der Waals surface area contributed by atoms with Gasteiger partial charge in [0.2, 0.25) is 0 Å². The number of hydrogen-bond donors (Lipinski definition) is 0. The predicted octanol–water partition coefficient (Wildman–Crippen LogP) is 4.64. The molecule has 1 aromatic carbocycles. The first kappa shape index (κ1) is 21.4. The monoisotopic (exact) mass is 411 g/mol. The minimum absolute atomic E-state index is 0.0769. The second-order valence-corrected chi connectivity index (χ2v) is 9.37. The molecular weight excluding hydrogens is 374 g/mol. The van der Waals surface area contributed by atoms with Crippen molar-refractivity contribution in [2.75, 3.05) is 19.6 Å². The van der Waals surface area contributed by atoms with E-state index >= 15 is 0 Å². The van der Waals surface area contributed by atoms with Gasteiger partial charge in [-0.15, -0.1) is 0 Å². The van der Waals surface area contributed by atoms with Crippen LogP contribution in [0.15, 0.2) is 29.1 Å². The number of fused-ring (bicyclic) bond motifs is 1. The molecular formula is C25H37N3O2. The fourth-order valence-corrected chi connectivity index (χ4v) is 5.90. The van der Waals surface area contributed by atoms with Gasteiger partial charge in [0.05, 0.1) is 11.0 Å². The van der Waals surface area contributed by atoms with Crippen LogP contribution in [0.3, 0.4) is 0 Å². The van der Waals surface area contributed by atoms with Crippen LogP contribution < -0.4 is 5.69 Å². The SMILES string of the molecule is CCn1c(=O)n(C2CCN(CC3CCCCCCC3)CC2CC=O)c2ccccc21. The van der Waals surface area contributed by atoms with E-state index in [1.807, 2.05) is 34.3 Å². The summed E-state index contributed by atoms with van der Waals surface area (Å²) < 4.78 is 3.87. The van der Waals surface area contributed by atoms with Crippen LogP contribution >= 0.6 is 0 Å². The topological polar surface area (TPSA) is 47.2 Å². The number of hydrogen-bond acceptors (Lipinski definition) is 3. The number of nitrogens with zero attached hydrogens (tertiary/aromatic N) is 3. The summed E-state index contributed by atoms with van der Waals surface area (Å²) >= 11 is 0. The van der Waals surface area contributed by atoms with Crippen molar-refractivity contribution in [1.82, 2.24) is 14.0 Å². The third kappa shape index (κ3) is 4.41. The molecule has 5 nitrogen and oxygen atoms in total. The molecule has 0 bridgehead atoms. The quantitative estimate of drug-likeness (QED) is 0.651. The Hall–Kier alpha value is -1.88. The Morgan fingerprint density at radius 1 is 1.00 bits per heavy atom. The van der Waals surface area contributed by atoms with E-state index in [2.05, 4.69) is 11.0 Å². The number of likely N-dealkylation sites (tertiary alicyclic amines) is 1. The lowest BCUT2D eigenvalue weighted by molar-refractivity contribution is -0.109.